The standard InChI is InChI=1S/C42H25N3O2/c1-2-11-25-24(10-1)20-21-29-28-15-9-16-31(41(28)47-40(25)29)39-30-14-3-6-17-34(30)43-42(44-39)45-35-18-7-4-12-26(35)32-22-33-27-13-5-8-19-37(27)46-38(33)23-36(32)45/h1-23,39H,(H,43,44). The quantitative estimate of drug-likeness (QED) is 0.203. The van der Waals surface area contributed by atoms with Crippen molar-refractivity contribution in [2.75, 3.05) is 0 Å². The monoisotopic (exact) mass is 603 g/mol. The molecule has 1 unspecified atom stereocenters. The second-order valence-corrected chi connectivity index (χ2v) is 12.4. The number of rotatable bonds is 1. The largest absolute Gasteiger partial charge is 0.456 e. The minimum Gasteiger partial charge on any atom is -0.456 e. The third-order valence-electron chi connectivity index (χ3n) is 9.86. The molecule has 0 bridgehead atoms. The second kappa shape index (κ2) is 9.12. The van der Waals surface area contributed by atoms with E-state index in [0.717, 1.165) is 88.5 Å². The predicted molar refractivity (Wildman–Crippen MR) is 192 cm³/mol. The molecule has 47 heavy (non-hydrogen) atoms. The number of nitrogens with one attached hydrogen (secondary N) is 1. The molecule has 0 saturated heterocycles. The molecule has 10 aromatic rings. The molecule has 220 valence electrons. The number of fused-ring (bicyclic) bond motifs is 12. The lowest BCUT2D eigenvalue weighted by molar-refractivity contribution is 0.649. The average molecular weight is 604 g/mol. The lowest BCUT2D eigenvalue weighted by Crippen LogP contribution is -2.36. The summed E-state index contributed by atoms with van der Waals surface area (Å²) in [7, 11) is 0. The van der Waals surface area contributed by atoms with Crippen molar-refractivity contribution >= 4 is 88.1 Å². The van der Waals surface area contributed by atoms with E-state index in [1.54, 1.807) is 0 Å². The van der Waals surface area contributed by atoms with Crippen LogP contribution in [0.3, 0.4) is 0 Å². The Morgan fingerprint density at radius 1 is 0.489 bits per heavy atom. The van der Waals surface area contributed by atoms with Crippen molar-refractivity contribution in [1.29, 1.82) is 0 Å². The molecule has 0 aliphatic carbocycles. The van der Waals surface area contributed by atoms with Crippen molar-refractivity contribution < 1.29 is 8.83 Å². The molecule has 0 fully saturated rings. The number of nitrogens with zero attached hydrogens (tertiary/aromatic N) is 2. The van der Waals surface area contributed by atoms with Gasteiger partial charge < -0.3 is 14.2 Å². The Kier molecular flexibility index (Phi) is 4.83. The van der Waals surface area contributed by atoms with Gasteiger partial charge in [0.05, 0.1) is 22.8 Å². The molecule has 3 aromatic heterocycles. The van der Waals surface area contributed by atoms with E-state index < -0.39 is 0 Å². The van der Waals surface area contributed by atoms with Crippen molar-refractivity contribution in [3.8, 4) is 0 Å². The van der Waals surface area contributed by atoms with E-state index in [4.69, 9.17) is 13.8 Å². The molecule has 1 atom stereocenters. The molecule has 0 saturated carbocycles. The van der Waals surface area contributed by atoms with Crippen molar-refractivity contribution in [3.63, 3.8) is 0 Å². The first kappa shape index (κ1) is 24.9. The van der Waals surface area contributed by atoms with Gasteiger partial charge in [-0.3, -0.25) is 4.57 Å². The summed E-state index contributed by atoms with van der Waals surface area (Å²) in [5.74, 6) is 0.758. The number of aromatic nitrogens is 1. The van der Waals surface area contributed by atoms with Gasteiger partial charge in [0.15, 0.2) is 0 Å². The maximum absolute atomic E-state index is 6.81. The van der Waals surface area contributed by atoms with Gasteiger partial charge >= 0.3 is 0 Å². The molecule has 1 N–H and O–H groups in total. The third kappa shape index (κ3) is 3.40. The van der Waals surface area contributed by atoms with Crippen LogP contribution in [-0.4, -0.2) is 10.5 Å². The van der Waals surface area contributed by atoms with Crippen LogP contribution in [0.1, 0.15) is 17.2 Å². The fraction of sp³-hybridized carbons (Fsp3) is 0.0238. The molecule has 0 amide bonds. The summed E-state index contributed by atoms with van der Waals surface area (Å²) in [4.78, 5) is 5.26. The van der Waals surface area contributed by atoms with E-state index in [2.05, 4.69) is 137 Å². The van der Waals surface area contributed by atoms with Crippen LogP contribution in [0.15, 0.2) is 153 Å². The highest BCUT2D eigenvalue weighted by molar-refractivity contribution is 6.20. The maximum atomic E-state index is 6.81. The highest BCUT2D eigenvalue weighted by atomic mass is 16.3. The molecule has 11 rings (SSSR count). The van der Waals surface area contributed by atoms with Gasteiger partial charge in [-0.05, 0) is 35.7 Å². The summed E-state index contributed by atoms with van der Waals surface area (Å²) in [6.45, 7) is 0. The third-order valence-corrected chi connectivity index (χ3v) is 9.86. The Hall–Kier alpha value is -6.33. The average Bonchev–Trinajstić information content (AvgIpc) is 3.79. The molecule has 1 aliphatic rings. The van der Waals surface area contributed by atoms with Crippen LogP contribution in [0.5, 0.6) is 0 Å². The van der Waals surface area contributed by atoms with Crippen molar-refractivity contribution in [1.82, 2.24) is 9.88 Å². The van der Waals surface area contributed by atoms with E-state index in [9.17, 15) is 0 Å². The topological polar surface area (TPSA) is 55.6 Å². The number of furan rings is 2. The van der Waals surface area contributed by atoms with Gasteiger partial charge in [-0.25, -0.2) is 4.99 Å². The van der Waals surface area contributed by atoms with Crippen LogP contribution >= 0.6 is 0 Å². The van der Waals surface area contributed by atoms with E-state index in [1.165, 1.54) is 10.8 Å². The molecular formula is C42H25N3O2. The first-order chi connectivity index (χ1) is 23.3. The zero-order valence-electron chi connectivity index (χ0n) is 25.1. The molecule has 0 radical (unpaired) electrons. The summed E-state index contributed by atoms with van der Waals surface area (Å²) in [6.07, 6.45) is 0. The van der Waals surface area contributed by atoms with Gasteiger partial charge in [0.1, 0.15) is 22.3 Å². The van der Waals surface area contributed by atoms with Gasteiger partial charge in [0.25, 0.3) is 0 Å². The van der Waals surface area contributed by atoms with E-state index >= 15 is 0 Å². The Balaban J connectivity index is 1.16. The highest BCUT2D eigenvalue weighted by Crippen LogP contribution is 2.42. The van der Waals surface area contributed by atoms with Crippen LogP contribution < -0.4 is 5.32 Å². The molecule has 5 nitrogen and oxygen atoms in total. The van der Waals surface area contributed by atoms with Crippen LogP contribution in [-0.2, 0) is 0 Å². The summed E-state index contributed by atoms with van der Waals surface area (Å²) >= 11 is 0. The lowest BCUT2D eigenvalue weighted by atomic mass is 9.94. The first-order valence-corrected chi connectivity index (χ1v) is 15.9. The summed E-state index contributed by atoms with van der Waals surface area (Å²) in [5.41, 5.74) is 8.78. The Morgan fingerprint density at radius 2 is 1.23 bits per heavy atom. The number of hydrogen-bond donors (Lipinski definition) is 1. The van der Waals surface area contributed by atoms with E-state index in [-0.39, 0.29) is 6.04 Å². The van der Waals surface area contributed by atoms with Gasteiger partial charge in [-0.2, -0.15) is 0 Å². The minimum atomic E-state index is -0.194. The van der Waals surface area contributed by atoms with Gasteiger partial charge in [-0.15, -0.1) is 0 Å². The Morgan fingerprint density at radius 3 is 2.19 bits per heavy atom. The zero-order chi connectivity index (χ0) is 30.6. The maximum Gasteiger partial charge on any atom is 0.209 e. The van der Waals surface area contributed by atoms with E-state index in [1.807, 2.05) is 12.1 Å². The normalized spacial score (nSPS) is 14.9. The van der Waals surface area contributed by atoms with Crippen molar-refractivity contribution in [3.05, 3.63) is 151 Å². The summed E-state index contributed by atoms with van der Waals surface area (Å²) in [5, 5.41) is 13.0. The van der Waals surface area contributed by atoms with Crippen LogP contribution in [0, 0.1) is 0 Å². The fourth-order valence-corrected chi connectivity index (χ4v) is 7.74. The number of para-hydroxylation sites is 4. The minimum absolute atomic E-state index is 0.194. The predicted octanol–water partition coefficient (Wildman–Crippen LogP) is 11.0. The van der Waals surface area contributed by atoms with E-state index in [0.29, 0.717) is 0 Å². The van der Waals surface area contributed by atoms with Crippen LogP contribution in [0.4, 0.5) is 5.69 Å². The fourth-order valence-electron chi connectivity index (χ4n) is 7.74. The van der Waals surface area contributed by atoms with Gasteiger partial charge in [0, 0.05) is 54.9 Å². The molecule has 7 aromatic carbocycles. The Bertz CT molecular complexity index is 2960. The summed E-state index contributed by atoms with van der Waals surface area (Å²) in [6, 6.07) is 48.7. The molecule has 0 spiro atoms. The molecule has 4 heterocycles. The lowest BCUT2D eigenvalue weighted by Gasteiger charge is -2.28. The molecule has 5 heteroatoms. The first-order valence-electron chi connectivity index (χ1n) is 15.9. The number of hydrogen-bond acceptors (Lipinski definition) is 4. The number of aliphatic imine (C=N–C) groups is 1. The SMILES string of the molecule is c1ccc2c(c1)N=C(n1c3ccccc3c3cc4c(cc31)oc1ccccc14)NC2c1cccc2c1oc1c3ccccc3ccc21. The zero-order valence-corrected chi connectivity index (χ0v) is 25.1. The summed E-state index contributed by atoms with van der Waals surface area (Å²) < 4.78 is 15.4. The number of benzene rings is 7. The van der Waals surface area contributed by atoms with Crippen LogP contribution in [0.2, 0.25) is 0 Å². The van der Waals surface area contributed by atoms with Gasteiger partial charge in [0.2, 0.25) is 5.96 Å². The van der Waals surface area contributed by atoms with Crippen LogP contribution in [0.25, 0.3) is 76.5 Å². The van der Waals surface area contributed by atoms with Crippen molar-refractivity contribution in [2.45, 2.75) is 6.04 Å². The smallest absolute Gasteiger partial charge is 0.209 e. The molecule has 1 aliphatic heterocycles. The highest BCUT2D eigenvalue weighted by Gasteiger charge is 2.29. The van der Waals surface area contributed by atoms with Crippen molar-refractivity contribution in [2.24, 2.45) is 4.99 Å². The van der Waals surface area contributed by atoms with Gasteiger partial charge in [-0.1, -0.05) is 103 Å². The molecular weight excluding hydrogens is 578 g/mol. The Labute approximate surface area is 267 Å². The second-order valence-electron chi connectivity index (χ2n) is 12.4.